The molecule has 0 amide bonds. The normalized spacial score (nSPS) is 10.2. The molecule has 0 aliphatic rings. The molecule has 0 aliphatic carbocycles. The molecule has 0 spiro atoms. The Morgan fingerprint density at radius 1 is 1.50 bits per heavy atom. The van der Waals surface area contributed by atoms with Crippen LogP contribution in [-0.4, -0.2) is 62.3 Å². The van der Waals surface area contributed by atoms with Crippen molar-refractivity contribution in [1.82, 2.24) is 10.2 Å². The fraction of sp³-hybridized carbons (Fsp3) is 0.750. The highest BCUT2D eigenvalue weighted by molar-refractivity contribution is 5.71. The molecule has 0 aromatic carbocycles. The smallest absolute Gasteiger partial charge is 0.319 e. The third-order valence-electron chi connectivity index (χ3n) is 1.57. The average Bonchev–Trinajstić information content (AvgIpc) is 2.10. The Bertz CT molecular complexity index is 196. The van der Waals surface area contributed by atoms with E-state index in [0.717, 1.165) is 0 Å². The van der Waals surface area contributed by atoms with Crippen LogP contribution in [0.3, 0.4) is 0 Å². The second-order valence-electron chi connectivity index (χ2n) is 2.88. The van der Waals surface area contributed by atoms with Crippen molar-refractivity contribution < 1.29 is 19.4 Å². The van der Waals surface area contributed by atoms with Gasteiger partial charge in [-0.15, -0.1) is 0 Å². The van der Waals surface area contributed by atoms with Crippen LogP contribution in [0.25, 0.3) is 0 Å². The third kappa shape index (κ3) is 7.51. The van der Waals surface area contributed by atoms with Crippen LogP contribution in [0.2, 0.25) is 0 Å². The van der Waals surface area contributed by atoms with Gasteiger partial charge >= 0.3 is 11.9 Å². The van der Waals surface area contributed by atoms with E-state index in [4.69, 9.17) is 5.11 Å². The molecule has 6 heteroatoms. The van der Waals surface area contributed by atoms with Crippen LogP contribution in [0.15, 0.2) is 0 Å². The summed E-state index contributed by atoms with van der Waals surface area (Å²) in [5.74, 6) is -1.19. The lowest BCUT2D eigenvalue weighted by atomic mass is 10.5. The third-order valence-corrected chi connectivity index (χ3v) is 1.57. The zero-order valence-corrected chi connectivity index (χ0v) is 8.45. The number of likely N-dealkylation sites (N-methyl/N-ethyl adjacent to an activating group) is 1. The largest absolute Gasteiger partial charge is 0.480 e. The van der Waals surface area contributed by atoms with Crippen LogP contribution in [0.1, 0.15) is 0 Å². The molecule has 6 nitrogen and oxygen atoms in total. The summed E-state index contributed by atoms with van der Waals surface area (Å²) in [6.45, 7) is 1.28. The van der Waals surface area contributed by atoms with Crippen molar-refractivity contribution in [3.8, 4) is 0 Å². The van der Waals surface area contributed by atoms with E-state index in [0.29, 0.717) is 13.1 Å². The maximum atomic E-state index is 10.6. The lowest BCUT2D eigenvalue weighted by Gasteiger charge is -2.13. The number of hydrogen-bond acceptors (Lipinski definition) is 5. The Balaban J connectivity index is 3.35. The van der Waals surface area contributed by atoms with Crippen molar-refractivity contribution in [1.29, 1.82) is 0 Å². The Labute approximate surface area is 82.8 Å². The Hall–Kier alpha value is -1.14. The number of nitrogens with one attached hydrogen (secondary N) is 1. The van der Waals surface area contributed by atoms with Gasteiger partial charge in [-0.05, 0) is 7.05 Å². The summed E-state index contributed by atoms with van der Waals surface area (Å²) in [6.07, 6.45) is 0. The van der Waals surface area contributed by atoms with E-state index in [1.165, 1.54) is 7.11 Å². The van der Waals surface area contributed by atoms with Crippen LogP contribution in [0.5, 0.6) is 0 Å². The number of hydrogen-bond donors (Lipinski definition) is 2. The SMILES string of the molecule is COC(=O)CNCCN(C)CC(=O)O. The molecule has 0 atom stereocenters. The van der Waals surface area contributed by atoms with Crippen LogP contribution >= 0.6 is 0 Å². The summed E-state index contributed by atoms with van der Waals surface area (Å²) in [7, 11) is 3.02. The Morgan fingerprint density at radius 2 is 2.14 bits per heavy atom. The monoisotopic (exact) mass is 204 g/mol. The van der Waals surface area contributed by atoms with E-state index < -0.39 is 5.97 Å². The van der Waals surface area contributed by atoms with Crippen molar-refractivity contribution in [3.05, 3.63) is 0 Å². The summed E-state index contributed by atoms with van der Waals surface area (Å²) >= 11 is 0. The fourth-order valence-corrected chi connectivity index (χ4v) is 0.842. The molecular formula is C8H16N2O4. The molecule has 0 aromatic heterocycles. The molecule has 0 heterocycles. The number of aliphatic carboxylic acids is 1. The molecule has 82 valence electrons. The quantitative estimate of drug-likeness (QED) is 0.399. The van der Waals surface area contributed by atoms with Crippen LogP contribution < -0.4 is 5.32 Å². The molecule has 0 fully saturated rings. The summed E-state index contributed by atoms with van der Waals surface area (Å²) in [5, 5.41) is 11.3. The number of esters is 1. The van der Waals surface area contributed by atoms with Gasteiger partial charge in [0.2, 0.25) is 0 Å². The second-order valence-corrected chi connectivity index (χ2v) is 2.88. The number of methoxy groups -OCH3 is 1. The van der Waals surface area contributed by atoms with E-state index >= 15 is 0 Å². The van der Waals surface area contributed by atoms with Gasteiger partial charge in [-0.1, -0.05) is 0 Å². The molecular weight excluding hydrogens is 188 g/mol. The maximum Gasteiger partial charge on any atom is 0.319 e. The van der Waals surface area contributed by atoms with Gasteiger partial charge < -0.3 is 15.2 Å². The standard InChI is InChI=1S/C8H16N2O4/c1-10(6-7(11)12)4-3-9-5-8(13)14-2/h9H,3-6H2,1-2H3,(H,11,12). The summed E-state index contributed by atoms with van der Waals surface area (Å²) in [4.78, 5) is 22.5. The number of nitrogens with zero attached hydrogens (tertiary/aromatic N) is 1. The summed E-state index contributed by atoms with van der Waals surface area (Å²) < 4.78 is 4.41. The highest BCUT2D eigenvalue weighted by Gasteiger charge is 2.03. The first-order valence-corrected chi connectivity index (χ1v) is 4.24. The molecule has 14 heavy (non-hydrogen) atoms. The first kappa shape index (κ1) is 12.9. The Kier molecular flexibility index (Phi) is 6.69. The molecule has 0 rings (SSSR count). The lowest BCUT2D eigenvalue weighted by Crippen LogP contribution is -2.35. The van der Waals surface area contributed by atoms with Crippen molar-refractivity contribution >= 4 is 11.9 Å². The van der Waals surface area contributed by atoms with Gasteiger partial charge in [0.05, 0.1) is 20.2 Å². The highest BCUT2D eigenvalue weighted by Crippen LogP contribution is 1.80. The highest BCUT2D eigenvalue weighted by atomic mass is 16.5. The Morgan fingerprint density at radius 3 is 2.64 bits per heavy atom. The number of carboxylic acid groups (broad SMARTS) is 1. The molecule has 0 aliphatic heterocycles. The van der Waals surface area contributed by atoms with Crippen LogP contribution in [-0.2, 0) is 14.3 Å². The van der Waals surface area contributed by atoms with E-state index in [9.17, 15) is 9.59 Å². The van der Waals surface area contributed by atoms with Crippen molar-refractivity contribution in [2.24, 2.45) is 0 Å². The number of carboxylic acids is 1. The number of rotatable bonds is 7. The van der Waals surface area contributed by atoms with Gasteiger partial charge in [0.25, 0.3) is 0 Å². The average molecular weight is 204 g/mol. The van der Waals surface area contributed by atoms with Gasteiger partial charge in [-0.3, -0.25) is 14.5 Å². The maximum absolute atomic E-state index is 10.6. The van der Waals surface area contributed by atoms with Crippen molar-refractivity contribution in [2.45, 2.75) is 0 Å². The van der Waals surface area contributed by atoms with E-state index in [2.05, 4.69) is 10.1 Å². The van der Waals surface area contributed by atoms with Crippen molar-refractivity contribution in [3.63, 3.8) is 0 Å². The first-order valence-electron chi connectivity index (χ1n) is 4.24. The number of ether oxygens (including phenoxy) is 1. The van der Waals surface area contributed by atoms with E-state index in [1.54, 1.807) is 11.9 Å². The molecule has 0 bridgehead atoms. The fourth-order valence-electron chi connectivity index (χ4n) is 0.842. The molecule has 0 saturated carbocycles. The molecule has 0 saturated heterocycles. The lowest BCUT2D eigenvalue weighted by molar-refractivity contribution is -0.140. The zero-order chi connectivity index (χ0) is 11.0. The molecule has 0 radical (unpaired) electrons. The van der Waals surface area contributed by atoms with Crippen LogP contribution in [0, 0.1) is 0 Å². The molecule has 2 N–H and O–H groups in total. The second kappa shape index (κ2) is 7.28. The summed E-state index contributed by atoms with van der Waals surface area (Å²) in [6, 6.07) is 0. The van der Waals surface area contributed by atoms with E-state index in [-0.39, 0.29) is 19.1 Å². The minimum atomic E-state index is -0.861. The van der Waals surface area contributed by atoms with Crippen molar-refractivity contribution in [2.75, 3.05) is 40.3 Å². The minimum absolute atomic E-state index is 0.0000950. The van der Waals surface area contributed by atoms with E-state index in [1.807, 2.05) is 0 Å². The van der Waals surface area contributed by atoms with Gasteiger partial charge in [0.15, 0.2) is 0 Å². The topological polar surface area (TPSA) is 78.9 Å². The zero-order valence-electron chi connectivity index (χ0n) is 8.45. The van der Waals surface area contributed by atoms with Gasteiger partial charge in [-0.25, -0.2) is 0 Å². The number of carbonyl (C=O) groups is 2. The number of carbonyl (C=O) groups excluding carboxylic acids is 1. The minimum Gasteiger partial charge on any atom is -0.480 e. The van der Waals surface area contributed by atoms with Gasteiger partial charge in [0.1, 0.15) is 0 Å². The molecule has 0 unspecified atom stereocenters. The molecule has 0 aromatic rings. The first-order chi connectivity index (χ1) is 6.56. The predicted molar refractivity (Wildman–Crippen MR) is 50.0 cm³/mol. The predicted octanol–water partition coefficient (Wildman–Crippen LogP) is -1.23. The van der Waals surface area contributed by atoms with Crippen LogP contribution in [0.4, 0.5) is 0 Å². The van der Waals surface area contributed by atoms with Gasteiger partial charge in [0, 0.05) is 13.1 Å². The van der Waals surface area contributed by atoms with Gasteiger partial charge in [-0.2, -0.15) is 0 Å². The summed E-state index contributed by atoms with van der Waals surface area (Å²) in [5.41, 5.74) is 0.